The fourth-order valence-electron chi connectivity index (χ4n) is 3.30. The first kappa shape index (κ1) is 15.1. The molecule has 2 saturated heterocycles. The summed E-state index contributed by atoms with van der Waals surface area (Å²) in [5.74, 6) is 0.474. The number of aryl methyl sites for hydroxylation is 1. The quantitative estimate of drug-likeness (QED) is 0.823. The lowest BCUT2D eigenvalue weighted by Gasteiger charge is -2.52. The molecule has 0 N–H and O–H groups in total. The van der Waals surface area contributed by atoms with Gasteiger partial charge in [-0.2, -0.15) is 0 Å². The van der Waals surface area contributed by atoms with Gasteiger partial charge >= 0.3 is 0 Å². The molecule has 8 heteroatoms. The highest BCUT2D eigenvalue weighted by Gasteiger charge is 2.50. The number of hydrogen-bond acceptors (Lipinski definition) is 6. The topological polar surface area (TPSA) is 82.4 Å². The number of aromatic nitrogens is 4. The molecule has 1 amide bonds. The molecule has 1 spiro atoms. The number of likely N-dealkylation sites (tertiary alicyclic amines) is 1. The van der Waals surface area contributed by atoms with E-state index in [1.165, 1.54) is 0 Å². The van der Waals surface area contributed by atoms with Crippen molar-refractivity contribution in [2.24, 2.45) is 7.05 Å². The normalized spacial score (nSPS) is 22.2. The second-order valence-corrected chi connectivity index (χ2v) is 6.39. The van der Waals surface area contributed by atoms with Crippen LogP contribution in [0.4, 0.5) is 0 Å². The van der Waals surface area contributed by atoms with Crippen molar-refractivity contribution in [2.45, 2.75) is 24.5 Å². The lowest BCUT2D eigenvalue weighted by atomic mass is 9.84. The van der Waals surface area contributed by atoms with Gasteiger partial charge in [0.1, 0.15) is 17.4 Å². The first-order chi connectivity index (χ1) is 11.6. The monoisotopic (exact) mass is 329 g/mol. The van der Waals surface area contributed by atoms with Gasteiger partial charge in [0.2, 0.25) is 5.88 Å². The van der Waals surface area contributed by atoms with Crippen molar-refractivity contribution in [3.63, 3.8) is 0 Å². The Bertz CT molecular complexity index is 726. The smallest absolute Gasteiger partial charge is 0.274 e. The van der Waals surface area contributed by atoms with Gasteiger partial charge in [-0.15, -0.1) is 0 Å². The Kier molecular flexibility index (Phi) is 3.68. The van der Waals surface area contributed by atoms with Crippen LogP contribution in [0.2, 0.25) is 0 Å². The molecule has 0 radical (unpaired) electrons. The number of carbonyl (C=O) groups excluding carboxylic acids is 1. The molecular weight excluding hydrogens is 310 g/mol. The van der Waals surface area contributed by atoms with E-state index < -0.39 is 0 Å². The van der Waals surface area contributed by atoms with Gasteiger partial charge in [0.05, 0.1) is 32.2 Å². The molecule has 0 aromatic carbocycles. The number of ether oxygens (including phenoxy) is 2. The van der Waals surface area contributed by atoms with Crippen LogP contribution in [0.3, 0.4) is 0 Å². The summed E-state index contributed by atoms with van der Waals surface area (Å²) in [7, 11) is 1.85. The molecule has 0 bridgehead atoms. The van der Waals surface area contributed by atoms with E-state index in [2.05, 4.69) is 15.0 Å². The van der Waals surface area contributed by atoms with Gasteiger partial charge < -0.3 is 18.9 Å². The van der Waals surface area contributed by atoms with Crippen molar-refractivity contribution >= 4 is 5.91 Å². The van der Waals surface area contributed by atoms with Crippen LogP contribution in [0, 0.1) is 0 Å². The number of rotatable bonds is 3. The lowest BCUT2D eigenvalue weighted by molar-refractivity contribution is -0.174. The highest BCUT2D eigenvalue weighted by Crippen LogP contribution is 2.36. The molecule has 2 aliphatic rings. The molecule has 1 atom stereocenters. The molecule has 4 rings (SSSR count). The zero-order valence-electron chi connectivity index (χ0n) is 13.5. The van der Waals surface area contributed by atoms with Crippen molar-refractivity contribution in [2.75, 3.05) is 19.7 Å². The van der Waals surface area contributed by atoms with Crippen LogP contribution < -0.4 is 4.74 Å². The van der Waals surface area contributed by atoms with E-state index in [4.69, 9.17) is 9.47 Å². The molecule has 0 aliphatic carbocycles. The summed E-state index contributed by atoms with van der Waals surface area (Å²) in [5.41, 5.74) is 0.158. The standard InChI is InChI=1S/C16H19N5O3/c1-20-8-13(19-11-20)15(22)21-9-16(10-21)6-12(2-5-23-16)24-14-7-17-3-4-18-14/h3-4,7-8,11-12H,2,5-6,9-10H2,1H3/t12-/m0/s1. The number of imidazole rings is 1. The number of carbonyl (C=O) groups is 1. The molecule has 2 aromatic rings. The predicted octanol–water partition coefficient (Wildman–Crippen LogP) is 0.663. The molecule has 24 heavy (non-hydrogen) atoms. The van der Waals surface area contributed by atoms with Crippen molar-refractivity contribution in [3.8, 4) is 5.88 Å². The number of hydrogen-bond donors (Lipinski definition) is 0. The van der Waals surface area contributed by atoms with Gasteiger partial charge in [-0.25, -0.2) is 9.97 Å². The van der Waals surface area contributed by atoms with Crippen LogP contribution in [0.25, 0.3) is 0 Å². The summed E-state index contributed by atoms with van der Waals surface area (Å²) in [4.78, 5) is 26.4. The maximum atomic E-state index is 12.4. The molecule has 126 valence electrons. The van der Waals surface area contributed by atoms with E-state index in [1.54, 1.807) is 40.6 Å². The Morgan fingerprint density at radius 3 is 2.96 bits per heavy atom. The molecule has 8 nitrogen and oxygen atoms in total. The van der Waals surface area contributed by atoms with Gasteiger partial charge in [0.15, 0.2) is 0 Å². The van der Waals surface area contributed by atoms with Gasteiger partial charge in [0.25, 0.3) is 5.91 Å². The van der Waals surface area contributed by atoms with Crippen LogP contribution in [0.5, 0.6) is 5.88 Å². The largest absolute Gasteiger partial charge is 0.473 e. The van der Waals surface area contributed by atoms with E-state index in [1.807, 2.05) is 7.05 Å². The van der Waals surface area contributed by atoms with E-state index in [9.17, 15) is 4.79 Å². The third-order valence-electron chi connectivity index (χ3n) is 4.44. The Labute approximate surface area is 139 Å². The first-order valence-electron chi connectivity index (χ1n) is 7.97. The Morgan fingerprint density at radius 2 is 2.25 bits per heavy atom. The first-order valence-corrected chi connectivity index (χ1v) is 7.97. The van der Waals surface area contributed by atoms with Gasteiger partial charge in [0, 0.05) is 38.5 Å². The molecule has 0 unspecified atom stereocenters. The Balaban J connectivity index is 1.36. The predicted molar refractivity (Wildman–Crippen MR) is 83.5 cm³/mol. The van der Waals surface area contributed by atoms with Crippen molar-refractivity contribution in [1.82, 2.24) is 24.4 Å². The van der Waals surface area contributed by atoms with Crippen molar-refractivity contribution in [1.29, 1.82) is 0 Å². The highest BCUT2D eigenvalue weighted by atomic mass is 16.5. The maximum absolute atomic E-state index is 12.4. The Morgan fingerprint density at radius 1 is 1.38 bits per heavy atom. The summed E-state index contributed by atoms with van der Waals surface area (Å²) < 4.78 is 13.6. The number of nitrogens with zero attached hydrogens (tertiary/aromatic N) is 5. The number of amides is 1. The second kappa shape index (κ2) is 5.86. The molecule has 2 fully saturated rings. The molecular formula is C16H19N5O3. The molecule has 2 aliphatic heterocycles. The van der Waals surface area contributed by atoms with E-state index in [0.717, 1.165) is 12.8 Å². The minimum atomic E-state index is -0.310. The van der Waals surface area contributed by atoms with Gasteiger partial charge in [-0.1, -0.05) is 0 Å². The minimum absolute atomic E-state index is 0.0301. The maximum Gasteiger partial charge on any atom is 0.274 e. The van der Waals surface area contributed by atoms with E-state index in [-0.39, 0.29) is 17.6 Å². The average molecular weight is 329 g/mol. The fourth-order valence-corrected chi connectivity index (χ4v) is 3.30. The Hall–Kier alpha value is -2.48. The second-order valence-electron chi connectivity index (χ2n) is 6.39. The summed E-state index contributed by atoms with van der Waals surface area (Å²) in [6, 6.07) is 0. The van der Waals surface area contributed by atoms with Crippen LogP contribution >= 0.6 is 0 Å². The van der Waals surface area contributed by atoms with Crippen molar-refractivity contribution in [3.05, 3.63) is 36.8 Å². The molecule has 2 aromatic heterocycles. The summed E-state index contributed by atoms with van der Waals surface area (Å²) in [6.07, 6.45) is 9.79. The van der Waals surface area contributed by atoms with Crippen molar-refractivity contribution < 1.29 is 14.3 Å². The van der Waals surface area contributed by atoms with Crippen LogP contribution in [-0.2, 0) is 11.8 Å². The summed E-state index contributed by atoms with van der Waals surface area (Å²) >= 11 is 0. The zero-order valence-corrected chi connectivity index (χ0v) is 13.5. The minimum Gasteiger partial charge on any atom is -0.473 e. The van der Waals surface area contributed by atoms with Gasteiger partial charge in [-0.3, -0.25) is 9.78 Å². The van der Waals surface area contributed by atoms with Crippen LogP contribution in [0.15, 0.2) is 31.1 Å². The molecule has 0 saturated carbocycles. The van der Waals surface area contributed by atoms with E-state index in [0.29, 0.717) is 31.3 Å². The summed E-state index contributed by atoms with van der Waals surface area (Å²) in [5, 5.41) is 0. The van der Waals surface area contributed by atoms with Gasteiger partial charge in [-0.05, 0) is 0 Å². The van der Waals surface area contributed by atoms with Crippen LogP contribution in [-0.4, -0.2) is 61.7 Å². The average Bonchev–Trinajstić information content (AvgIpc) is 3.00. The lowest BCUT2D eigenvalue weighted by Crippen LogP contribution is -2.67. The molecule has 4 heterocycles. The zero-order chi connectivity index (χ0) is 16.6. The third-order valence-corrected chi connectivity index (χ3v) is 4.44. The van der Waals surface area contributed by atoms with Crippen LogP contribution in [0.1, 0.15) is 23.3 Å². The SMILES string of the molecule is Cn1cnc(C(=O)N2CC3(C[C@@H](Oc4cnccn4)CCO3)C2)c1. The highest BCUT2D eigenvalue weighted by molar-refractivity contribution is 5.92. The van der Waals surface area contributed by atoms with E-state index >= 15 is 0 Å². The fraction of sp³-hybridized carbons (Fsp3) is 0.500. The third kappa shape index (κ3) is 2.84. The summed E-state index contributed by atoms with van der Waals surface area (Å²) in [6.45, 7) is 1.77.